The molecule has 20 heavy (non-hydrogen) atoms. The maximum atomic E-state index is 8.70. The highest BCUT2D eigenvalue weighted by atomic mass is 32.2. The van der Waals surface area contributed by atoms with E-state index in [4.69, 9.17) is 10.00 Å². The van der Waals surface area contributed by atoms with E-state index in [2.05, 4.69) is 23.2 Å². The molecule has 0 radical (unpaired) electrons. The van der Waals surface area contributed by atoms with Gasteiger partial charge in [0.15, 0.2) is 8.68 Å². The Bertz CT molecular complexity index is 577. The van der Waals surface area contributed by atoms with E-state index in [0.717, 1.165) is 25.9 Å². The lowest BCUT2D eigenvalue weighted by Gasteiger charge is -2.04. The Morgan fingerprint density at radius 3 is 2.55 bits per heavy atom. The van der Waals surface area contributed by atoms with Crippen LogP contribution >= 0.6 is 34.9 Å². The molecule has 4 nitrogen and oxygen atoms in total. The molecule has 1 heterocycles. The molecule has 0 aliphatic heterocycles. The SMILES string of the molecule is CCSc1nnc(SCCOc2ccc(C#N)cc2)s1. The van der Waals surface area contributed by atoms with Crippen LogP contribution < -0.4 is 4.74 Å². The van der Waals surface area contributed by atoms with Gasteiger partial charge in [0.1, 0.15) is 5.75 Å². The van der Waals surface area contributed by atoms with Crippen molar-refractivity contribution in [2.24, 2.45) is 0 Å². The summed E-state index contributed by atoms with van der Waals surface area (Å²) in [4.78, 5) is 0. The first-order valence-electron chi connectivity index (χ1n) is 6.04. The summed E-state index contributed by atoms with van der Waals surface area (Å²) in [6.45, 7) is 2.71. The molecule has 0 fully saturated rings. The maximum absolute atomic E-state index is 8.70. The minimum absolute atomic E-state index is 0.604. The van der Waals surface area contributed by atoms with Crippen molar-refractivity contribution in [1.82, 2.24) is 10.2 Å². The number of hydrogen-bond acceptors (Lipinski definition) is 7. The van der Waals surface area contributed by atoms with Crippen LogP contribution in [0.15, 0.2) is 32.9 Å². The average Bonchev–Trinajstić information content (AvgIpc) is 2.92. The molecule has 0 amide bonds. The minimum Gasteiger partial charge on any atom is -0.493 e. The molecule has 0 spiro atoms. The number of benzene rings is 1. The summed E-state index contributed by atoms with van der Waals surface area (Å²) in [5.41, 5.74) is 0.640. The highest BCUT2D eigenvalue weighted by Gasteiger charge is 2.04. The Morgan fingerprint density at radius 2 is 1.90 bits per heavy atom. The van der Waals surface area contributed by atoms with Gasteiger partial charge in [-0.25, -0.2) is 0 Å². The van der Waals surface area contributed by atoms with Gasteiger partial charge in [0, 0.05) is 5.75 Å². The molecule has 0 aliphatic rings. The zero-order chi connectivity index (χ0) is 14.2. The number of hydrogen-bond donors (Lipinski definition) is 0. The van der Waals surface area contributed by atoms with Gasteiger partial charge in [-0.3, -0.25) is 0 Å². The molecule has 1 aromatic carbocycles. The zero-order valence-corrected chi connectivity index (χ0v) is 13.4. The molecular formula is C13H13N3OS3. The van der Waals surface area contributed by atoms with Crippen LogP contribution in [-0.2, 0) is 0 Å². The molecule has 2 rings (SSSR count). The van der Waals surface area contributed by atoms with Crippen molar-refractivity contribution in [3.8, 4) is 11.8 Å². The van der Waals surface area contributed by atoms with E-state index in [1.807, 2.05) is 12.1 Å². The third kappa shape index (κ3) is 4.71. The fraction of sp³-hybridized carbons (Fsp3) is 0.308. The molecule has 7 heteroatoms. The van der Waals surface area contributed by atoms with Crippen molar-refractivity contribution in [2.45, 2.75) is 15.6 Å². The third-order valence-electron chi connectivity index (χ3n) is 2.22. The number of thioether (sulfide) groups is 2. The Balaban J connectivity index is 1.71. The van der Waals surface area contributed by atoms with Crippen LogP contribution in [0.2, 0.25) is 0 Å². The number of rotatable bonds is 7. The van der Waals surface area contributed by atoms with Crippen LogP contribution in [0.3, 0.4) is 0 Å². The highest BCUT2D eigenvalue weighted by Crippen LogP contribution is 2.28. The van der Waals surface area contributed by atoms with Gasteiger partial charge in [-0.15, -0.1) is 10.2 Å². The summed E-state index contributed by atoms with van der Waals surface area (Å²) in [5, 5.41) is 16.9. The molecule has 0 unspecified atom stereocenters. The lowest BCUT2D eigenvalue weighted by atomic mass is 10.2. The predicted octanol–water partition coefficient (Wildman–Crippen LogP) is 3.69. The number of nitriles is 1. The van der Waals surface area contributed by atoms with Gasteiger partial charge < -0.3 is 4.74 Å². The van der Waals surface area contributed by atoms with Gasteiger partial charge in [0.05, 0.1) is 18.2 Å². The van der Waals surface area contributed by atoms with Crippen molar-refractivity contribution in [2.75, 3.05) is 18.1 Å². The van der Waals surface area contributed by atoms with E-state index in [1.54, 1.807) is 47.0 Å². The summed E-state index contributed by atoms with van der Waals surface area (Å²) in [7, 11) is 0. The second-order valence-electron chi connectivity index (χ2n) is 3.60. The molecule has 0 bridgehead atoms. The van der Waals surface area contributed by atoms with Crippen LogP contribution in [0.25, 0.3) is 0 Å². The number of nitrogens with zero attached hydrogens (tertiary/aromatic N) is 3. The lowest BCUT2D eigenvalue weighted by molar-refractivity contribution is 0.344. The van der Waals surface area contributed by atoms with E-state index in [9.17, 15) is 0 Å². The molecule has 0 aliphatic carbocycles. The molecule has 0 saturated carbocycles. The van der Waals surface area contributed by atoms with Gasteiger partial charge >= 0.3 is 0 Å². The number of ether oxygens (including phenoxy) is 1. The topological polar surface area (TPSA) is 58.8 Å². The van der Waals surface area contributed by atoms with Gasteiger partial charge in [-0.1, -0.05) is 41.8 Å². The predicted molar refractivity (Wildman–Crippen MR) is 83.7 cm³/mol. The smallest absolute Gasteiger partial charge is 0.175 e. The van der Waals surface area contributed by atoms with Crippen LogP contribution in [0.1, 0.15) is 12.5 Å². The summed E-state index contributed by atoms with van der Waals surface area (Å²) >= 11 is 4.98. The zero-order valence-electron chi connectivity index (χ0n) is 10.9. The second-order valence-corrected chi connectivity index (χ2v) is 7.43. The van der Waals surface area contributed by atoms with Crippen molar-refractivity contribution < 1.29 is 4.74 Å². The first-order chi connectivity index (χ1) is 9.81. The van der Waals surface area contributed by atoms with Gasteiger partial charge in [0.2, 0.25) is 0 Å². The maximum Gasteiger partial charge on any atom is 0.175 e. The lowest BCUT2D eigenvalue weighted by Crippen LogP contribution is -1.99. The molecule has 0 saturated heterocycles. The van der Waals surface area contributed by atoms with Gasteiger partial charge in [-0.2, -0.15) is 5.26 Å². The van der Waals surface area contributed by atoms with Crippen LogP contribution in [0, 0.1) is 11.3 Å². The molecule has 0 atom stereocenters. The van der Waals surface area contributed by atoms with Crippen LogP contribution in [0.4, 0.5) is 0 Å². The first kappa shape index (κ1) is 15.2. The number of aromatic nitrogens is 2. The largest absolute Gasteiger partial charge is 0.493 e. The van der Waals surface area contributed by atoms with E-state index in [1.165, 1.54) is 0 Å². The quantitative estimate of drug-likeness (QED) is 0.572. The Hall–Kier alpha value is -1.23. The van der Waals surface area contributed by atoms with Gasteiger partial charge in [0.25, 0.3) is 0 Å². The van der Waals surface area contributed by atoms with Crippen molar-refractivity contribution in [3.05, 3.63) is 29.8 Å². The van der Waals surface area contributed by atoms with Gasteiger partial charge in [-0.05, 0) is 30.0 Å². The molecule has 104 valence electrons. The highest BCUT2D eigenvalue weighted by molar-refractivity contribution is 8.03. The van der Waals surface area contributed by atoms with Crippen molar-refractivity contribution in [1.29, 1.82) is 5.26 Å². The monoisotopic (exact) mass is 323 g/mol. The second kappa shape index (κ2) is 8.15. The summed E-state index contributed by atoms with van der Waals surface area (Å²) in [5.74, 6) is 2.62. The fourth-order valence-electron chi connectivity index (χ4n) is 1.35. The van der Waals surface area contributed by atoms with Crippen molar-refractivity contribution in [3.63, 3.8) is 0 Å². The standard InChI is InChI=1S/C13H13N3OS3/c1-2-18-12-15-16-13(20-12)19-8-7-17-11-5-3-10(9-14)4-6-11/h3-6H,2,7-8H2,1H3. The Labute approximate surface area is 130 Å². The van der Waals surface area contributed by atoms with E-state index >= 15 is 0 Å². The molecule has 2 aromatic rings. The van der Waals surface area contributed by atoms with Crippen LogP contribution in [-0.4, -0.2) is 28.3 Å². The molecular weight excluding hydrogens is 310 g/mol. The third-order valence-corrected chi connectivity index (χ3v) is 5.25. The molecule has 1 aromatic heterocycles. The Morgan fingerprint density at radius 1 is 1.20 bits per heavy atom. The Kier molecular flexibility index (Phi) is 6.18. The van der Waals surface area contributed by atoms with E-state index in [-0.39, 0.29) is 0 Å². The summed E-state index contributed by atoms with van der Waals surface area (Å²) in [6.07, 6.45) is 0. The molecule has 0 N–H and O–H groups in total. The fourth-order valence-corrected chi connectivity index (χ4v) is 4.16. The summed E-state index contributed by atoms with van der Waals surface area (Å²) < 4.78 is 7.60. The van der Waals surface area contributed by atoms with Crippen molar-refractivity contribution >= 4 is 34.9 Å². The van der Waals surface area contributed by atoms with Crippen LogP contribution in [0.5, 0.6) is 5.75 Å². The van der Waals surface area contributed by atoms with E-state index in [0.29, 0.717) is 12.2 Å². The van der Waals surface area contributed by atoms with E-state index < -0.39 is 0 Å². The average molecular weight is 323 g/mol. The minimum atomic E-state index is 0.604. The first-order valence-corrected chi connectivity index (χ1v) is 8.82. The summed E-state index contributed by atoms with van der Waals surface area (Å²) in [6, 6.07) is 9.20. The normalized spacial score (nSPS) is 10.2.